The molecule has 8 heteroatoms. The van der Waals surface area contributed by atoms with Crippen molar-refractivity contribution in [3.8, 4) is 22.9 Å². The summed E-state index contributed by atoms with van der Waals surface area (Å²) in [5, 5.41) is 6.76. The number of likely N-dealkylation sites (N-methyl/N-ethyl adjacent to an activating group) is 1. The number of carbonyl (C=O) groups excluding carboxylic acids is 1. The van der Waals surface area contributed by atoms with Crippen molar-refractivity contribution in [3.63, 3.8) is 0 Å². The summed E-state index contributed by atoms with van der Waals surface area (Å²) in [6, 6.07) is 14.7. The number of hydrogen-bond donors (Lipinski definition) is 1. The molecule has 0 fully saturated rings. The van der Waals surface area contributed by atoms with E-state index in [0.717, 1.165) is 11.3 Å². The van der Waals surface area contributed by atoms with Gasteiger partial charge in [-0.1, -0.05) is 11.2 Å². The van der Waals surface area contributed by atoms with Gasteiger partial charge in [0.05, 0.1) is 14.2 Å². The molecule has 0 aliphatic rings. The first-order chi connectivity index (χ1) is 13.1. The molecule has 0 bridgehead atoms. The lowest BCUT2D eigenvalue weighted by Gasteiger charge is -2.13. The Balaban J connectivity index is 1.62. The van der Waals surface area contributed by atoms with Crippen molar-refractivity contribution in [1.82, 2.24) is 10.1 Å². The largest absolute Gasteiger partial charge is 0.497 e. The Kier molecular flexibility index (Phi) is 5.55. The van der Waals surface area contributed by atoms with Gasteiger partial charge in [0, 0.05) is 24.4 Å². The molecular weight excluding hydrogens is 348 g/mol. The van der Waals surface area contributed by atoms with Gasteiger partial charge in [0.25, 0.3) is 0 Å². The predicted molar refractivity (Wildman–Crippen MR) is 101 cm³/mol. The highest BCUT2D eigenvalue weighted by molar-refractivity contribution is 5.93. The average Bonchev–Trinajstić information content (AvgIpc) is 3.18. The molecule has 0 radical (unpaired) electrons. The summed E-state index contributed by atoms with van der Waals surface area (Å²) < 4.78 is 15.5. The van der Waals surface area contributed by atoms with Gasteiger partial charge >= 0.3 is 6.01 Å². The van der Waals surface area contributed by atoms with E-state index in [9.17, 15) is 4.79 Å². The summed E-state index contributed by atoms with van der Waals surface area (Å²) in [5.74, 6) is 1.64. The van der Waals surface area contributed by atoms with Crippen LogP contribution in [0.4, 0.5) is 11.7 Å². The summed E-state index contributed by atoms with van der Waals surface area (Å²) in [7, 11) is 4.88. The van der Waals surface area contributed by atoms with Gasteiger partial charge in [0.2, 0.25) is 11.7 Å². The quantitative estimate of drug-likeness (QED) is 0.686. The molecule has 0 saturated carbocycles. The Morgan fingerprint density at radius 1 is 1.11 bits per heavy atom. The SMILES string of the molecule is COc1ccc(-c2noc(N(C)CC(=O)Nc3cccc(OC)c3)n2)cc1. The van der Waals surface area contributed by atoms with Crippen LogP contribution in [-0.2, 0) is 4.79 Å². The third-order valence-electron chi connectivity index (χ3n) is 3.82. The number of aromatic nitrogens is 2. The van der Waals surface area contributed by atoms with Gasteiger partial charge in [-0.25, -0.2) is 0 Å². The summed E-state index contributed by atoms with van der Waals surface area (Å²) in [5.41, 5.74) is 1.44. The van der Waals surface area contributed by atoms with E-state index in [0.29, 0.717) is 17.3 Å². The zero-order valence-electron chi connectivity index (χ0n) is 15.3. The van der Waals surface area contributed by atoms with E-state index in [1.165, 1.54) is 0 Å². The van der Waals surface area contributed by atoms with Crippen LogP contribution >= 0.6 is 0 Å². The number of nitrogens with one attached hydrogen (secondary N) is 1. The van der Waals surface area contributed by atoms with Crippen molar-refractivity contribution in [3.05, 3.63) is 48.5 Å². The second kappa shape index (κ2) is 8.22. The van der Waals surface area contributed by atoms with Crippen LogP contribution in [0.1, 0.15) is 0 Å². The van der Waals surface area contributed by atoms with Crippen molar-refractivity contribution in [2.75, 3.05) is 38.0 Å². The van der Waals surface area contributed by atoms with Gasteiger partial charge in [0.15, 0.2) is 0 Å². The van der Waals surface area contributed by atoms with Crippen LogP contribution in [0.15, 0.2) is 53.1 Å². The maximum atomic E-state index is 12.2. The second-order valence-electron chi connectivity index (χ2n) is 5.77. The minimum absolute atomic E-state index is 0.0570. The molecule has 1 heterocycles. The molecule has 8 nitrogen and oxygen atoms in total. The summed E-state index contributed by atoms with van der Waals surface area (Å²) in [6.45, 7) is 0.0570. The number of anilines is 2. The molecule has 1 N–H and O–H groups in total. The topological polar surface area (TPSA) is 89.7 Å². The first kappa shape index (κ1) is 18.2. The Hall–Kier alpha value is -3.55. The van der Waals surface area contributed by atoms with E-state index < -0.39 is 0 Å². The molecule has 0 spiro atoms. The van der Waals surface area contributed by atoms with Crippen LogP contribution in [0, 0.1) is 0 Å². The Labute approximate surface area is 156 Å². The molecule has 0 unspecified atom stereocenters. The monoisotopic (exact) mass is 368 g/mol. The molecule has 2 aromatic carbocycles. The van der Waals surface area contributed by atoms with Crippen LogP contribution < -0.4 is 19.7 Å². The summed E-state index contributed by atoms with van der Waals surface area (Å²) in [6.07, 6.45) is 0. The van der Waals surface area contributed by atoms with E-state index in [1.54, 1.807) is 50.4 Å². The molecule has 0 saturated heterocycles. The molecule has 0 atom stereocenters. The first-order valence-electron chi connectivity index (χ1n) is 8.22. The van der Waals surface area contributed by atoms with Gasteiger partial charge in [0.1, 0.15) is 18.0 Å². The van der Waals surface area contributed by atoms with Gasteiger partial charge in [-0.05, 0) is 36.4 Å². The normalized spacial score (nSPS) is 10.3. The van der Waals surface area contributed by atoms with Crippen molar-refractivity contribution in [1.29, 1.82) is 0 Å². The molecule has 140 valence electrons. The summed E-state index contributed by atoms with van der Waals surface area (Å²) in [4.78, 5) is 18.2. The van der Waals surface area contributed by atoms with E-state index in [4.69, 9.17) is 14.0 Å². The summed E-state index contributed by atoms with van der Waals surface area (Å²) >= 11 is 0. The zero-order chi connectivity index (χ0) is 19.2. The van der Waals surface area contributed by atoms with Crippen molar-refractivity contribution in [2.24, 2.45) is 0 Å². The average molecular weight is 368 g/mol. The number of benzene rings is 2. The molecule has 27 heavy (non-hydrogen) atoms. The third kappa shape index (κ3) is 4.55. The number of rotatable bonds is 7. The molecule has 3 aromatic rings. The molecule has 0 aliphatic heterocycles. The van der Waals surface area contributed by atoms with Crippen molar-refractivity contribution < 1.29 is 18.8 Å². The number of nitrogens with zero attached hydrogens (tertiary/aromatic N) is 3. The van der Waals surface area contributed by atoms with Gasteiger partial charge < -0.3 is 24.2 Å². The molecule has 0 aliphatic carbocycles. The second-order valence-corrected chi connectivity index (χ2v) is 5.77. The van der Waals surface area contributed by atoms with Crippen LogP contribution in [0.2, 0.25) is 0 Å². The van der Waals surface area contributed by atoms with Crippen molar-refractivity contribution >= 4 is 17.6 Å². The number of methoxy groups -OCH3 is 2. The van der Waals surface area contributed by atoms with Crippen LogP contribution in [0.25, 0.3) is 11.4 Å². The Bertz CT molecular complexity index is 908. The fourth-order valence-corrected chi connectivity index (χ4v) is 2.41. The minimum Gasteiger partial charge on any atom is -0.497 e. The maximum absolute atomic E-state index is 12.2. The fourth-order valence-electron chi connectivity index (χ4n) is 2.41. The van der Waals surface area contributed by atoms with E-state index in [-0.39, 0.29) is 18.5 Å². The highest BCUT2D eigenvalue weighted by atomic mass is 16.5. The third-order valence-corrected chi connectivity index (χ3v) is 3.82. The zero-order valence-corrected chi connectivity index (χ0v) is 15.3. The van der Waals surface area contributed by atoms with Gasteiger partial charge in [-0.2, -0.15) is 4.98 Å². The molecule has 1 aromatic heterocycles. The number of ether oxygens (including phenoxy) is 2. The number of carbonyl (C=O) groups is 1. The maximum Gasteiger partial charge on any atom is 0.324 e. The highest BCUT2D eigenvalue weighted by Gasteiger charge is 2.15. The van der Waals surface area contributed by atoms with Crippen LogP contribution in [-0.4, -0.2) is 43.9 Å². The predicted octanol–water partition coefficient (Wildman–Crippen LogP) is 2.83. The molecular formula is C19H20N4O4. The number of amides is 1. The van der Waals surface area contributed by atoms with Crippen molar-refractivity contribution in [2.45, 2.75) is 0 Å². The van der Waals surface area contributed by atoms with E-state index in [1.807, 2.05) is 24.3 Å². The number of hydrogen-bond acceptors (Lipinski definition) is 7. The lowest BCUT2D eigenvalue weighted by molar-refractivity contribution is -0.115. The van der Waals surface area contributed by atoms with Crippen LogP contribution in [0.5, 0.6) is 11.5 Å². The van der Waals surface area contributed by atoms with E-state index >= 15 is 0 Å². The van der Waals surface area contributed by atoms with E-state index in [2.05, 4.69) is 15.5 Å². The van der Waals surface area contributed by atoms with Crippen LogP contribution in [0.3, 0.4) is 0 Å². The lowest BCUT2D eigenvalue weighted by atomic mass is 10.2. The highest BCUT2D eigenvalue weighted by Crippen LogP contribution is 2.22. The molecule has 3 rings (SSSR count). The standard InChI is InChI=1S/C19H20N4O4/c1-23(12-17(24)20-14-5-4-6-16(11-14)26-3)19-21-18(22-27-19)13-7-9-15(25-2)10-8-13/h4-11H,12H2,1-3H3,(H,20,24). The minimum atomic E-state index is -0.213. The Morgan fingerprint density at radius 2 is 1.85 bits per heavy atom. The molecule has 1 amide bonds. The Morgan fingerprint density at radius 3 is 2.56 bits per heavy atom. The lowest BCUT2D eigenvalue weighted by Crippen LogP contribution is -2.30. The smallest absolute Gasteiger partial charge is 0.324 e. The fraction of sp³-hybridized carbons (Fsp3) is 0.211. The van der Waals surface area contributed by atoms with Gasteiger partial charge in [-0.3, -0.25) is 4.79 Å². The first-order valence-corrected chi connectivity index (χ1v) is 8.22. The van der Waals surface area contributed by atoms with Gasteiger partial charge in [-0.15, -0.1) is 0 Å².